The van der Waals surface area contributed by atoms with Crippen LogP contribution in [0.1, 0.15) is 29.2 Å². The van der Waals surface area contributed by atoms with Gasteiger partial charge in [0, 0.05) is 0 Å². The molecule has 4 rings (SSSR count). The highest BCUT2D eigenvalue weighted by atomic mass is 16.6. The first-order valence-electron chi connectivity index (χ1n) is 11.3. The molecular formula is C28H30O5. The summed E-state index contributed by atoms with van der Waals surface area (Å²) >= 11 is 0. The zero-order valence-electron chi connectivity index (χ0n) is 19.4. The first-order chi connectivity index (χ1) is 16.0. The monoisotopic (exact) mass is 446 g/mol. The molecule has 0 N–H and O–H groups in total. The Morgan fingerprint density at radius 3 is 2.48 bits per heavy atom. The summed E-state index contributed by atoms with van der Waals surface area (Å²) in [6.07, 6.45) is 0. The summed E-state index contributed by atoms with van der Waals surface area (Å²) in [5.74, 6) is 0.424. The topological polar surface area (TPSA) is 54.0 Å². The Balaban J connectivity index is 1.43. The van der Waals surface area contributed by atoms with E-state index in [-0.39, 0.29) is 12.6 Å². The number of esters is 1. The molecule has 0 aliphatic carbocycles. The molecule has 1 saturated heterocycles. The Bertz CT molecular complexity index is 1120. The first kappa shape index (κ1) is 23.0. The minimum Gasteiger partial charge on any atom is -0.489 e. The Morgan fingerprint density at radius 1 is 0.970 bits per heavy atom. The molecule has 5 nitrogen and oxygen atoms in total. The van der Waals surface area contributed by atoms with Gasteiger partial charge in [-0.25, -0.2) is 4.79 Å². The predicted octanol–water partition coefficient (Wildman–Crippen LogP) is 5.35. The Morgan fingerprint density at radius 2 is 1.79 bits per heavy atom. The SMILES string of the molecule is CCOC(=O)COC1(c2ccc(OCc3cccc(-c4ccccc4C)c3)cc2C)COC1. The average molecular weight is 447 g/mol. The summed E-state index contributed by atoms with van der Waals surface area (Å²) in [4.78, 5) is 11.7. The van der Waals surface area contributed by atoms with E-state index in [1.54, 1.807) is 6.92 Å². The van der Waals surface area contributed by atoms with Crippen molar-refractivity contribution in [3.8, 4) is 16.9 Å². The van der Waals surface area contributed by atoms with Crippen molar-refractivity contribution in [2.75, 3.05) is 26.4 Å². The molecule has 1 fully saturated rings. The van der Waals surface area contributed by atoms with Crippen LogP contribution in [0.3, 0.4) is 0 Å². The lowest BCUT2D eigenvalue weighted by molar-refractivity contribution is -0.221. The van der Waals surface area contributed by atoms with Crippen LogP contribution in [-0.4, -0.2) is 32.4 Å². The Kier molecular flexibility index (Phi) is 7.11. The highest BCUT2D eigenvalue weighted by Crippen LogP contribution is 2.37. The van der Waals surface area contributed by atoms with Gasteiger partial charge >= 0.3 is 5.97 Å². The number of carbonyl (C=O) groups is 1. The molecule has 0 unspecified atom stereocenters. The second-order valence-electron chi connectivity index (χ2n) is 8.36. The van der Waals surface area contributed by atoms with Crippen LogP contribution in [0.15, 0.2) is 66.7 Å². The second-order valence-corrected chi connectivity index (χ2v) is 8.36. The maximum atomic E-state index is 11.7. The summed E-state index contributed by atoms with van der Waals surface area (Å²) in [5.41, 5.74) is 6.21. The molecule has 0 spiro atoms. The Hall–Kier alpha value is -3.15. The normalized spacial score (nSPS) is 14.4. The lowest BCUT2D eigenvalue weighted by Gasteiger charge is -2.42. The third kappa shape index (κ3) is 5.27. The van der Waals surface area contributed by atoms with Gasteiger partial charge in [-0.1, -0.05) is 48.5 Å². The fraction of sp³-hybridized carbons (Fsp3) is 0.321. The zero-order valence-corrected chi connectivity index (χ0v) is 19.4. The third-order valence-electron chi connectivity index (χ3n) is 5.92. The van der Waals surface area contributed by atoms with E-state index < -0.39 is 5.60 Å². The van der Waals surface area contributed by atoms with Crippen LogP contribution in [0, 0.1) is 13.8 Å². The van der Waals surface area contributed by atoms with Gasteiger partial charge in [-0.2, -0.15) is 0 Å². The molecule has 172 valence electrons. The summed E-state index contributed by atoms with van der Waals surface area (Å²) < 4.78 is 22.4. The quantitative estimate of drug-likeness (QED) is 0.415. The van der Waals surface area contributed by atoms with Gasteiger partial charge in [0.2, 0.25) is 0 Å². The lowest BCUT2D eigenvalue weighted by Crippen LogP contribution is -2.50. The van der Waals surface area contributed by atoms with Crippen molar-refractivity contribution in [2.45, 2.75) is 33.0 Å². The van der Waals surface area contributed by atoms with E-state index in [0.717, 1.165) is 22.4 Å². The van der Waals surface area contributed by atoms with E-state index in [0.29, 0.717) is 26.4 Å². The van der Waals surface area contributed by atoms with Crippen molar-refractivity contribution in [3.63, 3.8) is 0 Å². The molecule has 3 aromatic carbocycles. The molecule has 0 radical (unpaired) electrons. The van der Waals surface area contributed by atoms with Gasteiger partial charge in [0.25, 0.3) is 0 Å². The van der Waals surface area contributed by atoms with E-state index in [9.17, 15) is 4.79 Å². The molecule has 1 heterocycles. The maximum Gasteiger partial charge on any atom is 0.332 e. The summed E-state index contributed by atoms with van der Waals surface area (Å²) in [6, 6.07) is 22.8. The number of hydrogen-bond donors (Lipinski definition) is 0. The maximum absolute atomic E-state index is 11.7. The molecule has 33 heavy (non-hydrogen) atoms. The molecule has 1 aliphatic rings. The predicted molar refractivity (Wildman–Crippen MR) is 127 cm³/mol. The molecule has 1 aliphatic heterocycles. The third-order valence-corrected chi connectivity index (χ3v) is 5.92. The smallest absolute Gasteiger partial charge is 0.332 e. The van der Waals surface area contributed by atoms with E-state index in [1.807, 2.05) is 25.1 Å². The van der Waals surface area contributed by atoms with Crippen molar-refractivity contribution >= 4 is 5.97 Å². The van der Waals surface area contributed by atoms with Gasteiger partial charge in [-0.15, -0.1) is 0 Å². The average Bonchev–Trinajstić information content (AvgIpc) is 2.79. The first-order valence-corrected chi connectivity index (χ1v) is 11.3. The number of ether oxygens (including phenoxy) is 4. The zero-order chi connectivity index (χ0) is 23.3. The minimum absolute atomic E-state index is 0.0912. The summed E-state index contributed by atoms with van der Waals surface area (Å²) in [6.45, 7) is 7.48. The lowest BCUT2D eigenvalue weighted by atomic mass is 9.88. The number of rotatable bonds is 9. The number of carbonyl (C=O) groups excluding carboxylic acids is 1. The van der Waals surface area contributed by atoms with E-state index in [2.05, 4.69) is 55.5 Å². The number of aryl methyl sites for hydroxylation is 2. The molecule has 3 aromatic rings. The molecule has 0 amide bonds. The van der Waals surface area contributed by atoms with Crippen molar-refractivity contribution in [3.05, 3.63) is 89.0 Å². The van der Waals surface area contributed by atoms with Crippen LogP contribution >= 0.6 is 0 Å². The summed E-state index contributed by atoms with van der Waals surface area (Å²) in [5, 5.41) is 0. The van der Waals surface area contributed by atoms with Gasteiger partial charge in [0.15, 0.2) is 0 Å². The second kappa shape index (κ2) is 10.2. The summed E-state index contributed by atoms with van der Waals surface area (Å²) in [7, 11) is 0. The van der Waals surface area contributed by atoms with Gasteiger partial charge in [0.1, 0.15) is 24.6 Å². The number of benzene rings is 3. The van der Waals surface area contributed by atoms with Crippen molar-refractivity contribution < 1.29 is 23.7 Å². The van der Waals surface area contributed by atoms with Crippen molar-refractivity contribution in [2.24, 2.45) is 0 Å². The molecule has 5 heteroatoms. The van der Waals surface area contributed by atoms with E-state index >= 15 is 0 Å². The van der Waals surface area contributed by atoms with Crippen molar-refractivity contribution in [1.82, 2.24) is 0 Å². The standard InChI is InChI=1S/C28H30O5/c1-4-31-27(29)17-33-28(18-30-19-28)26-13-12-24(14-21(26)3)32-16-22-9-7-10-23(15-22)25-11-6-5-8-20(25)2/h5-15H,4,16-19H2,1-3H3. The fourth-order valence-electron chi connectivity index (χ4n) is 4.13. The van der Waals surface area contributed by atoms with Crippen molar-refractivity contribution in [1.29, 1.82) is 0 Å². The Labute approximate surface area is 195 Å². The van der Waals surface area contributed by atoms with Crippen LogP contribution in [0.5, 0.6) is 5.75 Å². The van der Waals surface area contributed by atoms with Crippen LogP contribution in [-0.2, 0) is 31.2 Å². The fourth-order valence-corrected chi connectivity index (χ4v) is 4.13. The van der Waals surface area contributed by atoms with Crippen LogP contribution in [0.25, 0.3) is 11.1 Å². The van der Waals surface area contributed by atoms with E-state index in [4.69, 9.17) is 18.9 Å². The van der Waals surface area contributed by atoms with Crippen LogP contribution in [0.2, 0.25) is 0 Å². The van der Waals surface area contributed by atoms with Crippen LogP contribution < -0.4 is 4.74 Å². The highest BCUT2D eigenvalue weighted by Gasteiger charge is 2.43. The number of hydrogen-bond acceptors (Lipinski definition) is 5. The molecule has 0 aromatic heterocycles. The molecule has 0 atom stereocenters. The van der Waals surface area contributed by atoms with Crippen LogP contribution in [0.4, 0.5) is 0 Å². The highest BCUT2D eigenvalue weighted by molar-refractivity contribution is 5.70. The molecular weight excluding hydrogens is 416 g/mol. The van der Waals surface area contributed by atoms with Gasteiger partial charge in [-0.3, -0.25) is 0 Å². The largest absolute Gasteiger partial charge is 0.489 e. The molecule has 0 saturated carbocycles. The van der Waals surface area contributed by atoms with Gasteiger partial charge < -0.3 is 18.9 Å². The minimum atomic E-state index is -0.614. The molecule has 0 bridgehead atoms. The van der Waals surface area contributed by atoms with E-state index in [1.165, 1.54) is 16.7 Å². The van der Waals surface area contributed by atoms with Gasteiger partial charge in [0.05, 0.1) is 19.8 Å². The van der Waals surface area contributed by atoms with Gasteiger partial charge in [-0.05, 0) is 72.4 Å².